The summed E-state index contributed by atoms with van der Waals surface area (Å²) in [6.45, 7) is 6.00. The molecule has 0 atom stereocenters. The summed E-state index contributed by atoms with van der Waals surface area (Å²) in [4.78, 5) is 21.6. The molecule has 5 heteroatoms. The Hall–Kier alpha value is -0.930. The van der Waals surface area contributed by atoms with Gasteiger partial charge in [-0.3, -0.25) is 0 Å². The molecule has 0 fully saturated rings. The van der Waals surface area contributed by atoms with Crippen LogP contribution in [0.2, 0.25) is 0 Å². The minimum atomic E-state index is -4.64. The Kier molecular flexibility index (Phi) is 10.3. The molecule has 0 aliphatic carbocycles. The maximum absolute atomic E-state index is 8.88. The zero-order chi connectivity index (χ0) is 10.7. The second-order valence-corrected chi connectivity index (χ2v) is 2.69. The fourth-order valence-electron chi connectivity index (χ4n) is 0.385. The molecule has 1 rings (SSSR count). The van der Waals surface area contributed by atoms with Crippen molar-refractivity contribution in [2.24, 2.45) is 0 Å². The predicted octanol–water partition coefficient (Wildman–Crippen LogP) is 1.56. The minimum absolute atomic E-state index is 2.00. The van der Waals surface area contributed by atoms with Crippen LogP contribution in [0, 0.1) is 0 Å². The highest BCUT2D eigenvalue weighted by Crippen LogP contribution is 2.25. The van der Waals surface area contributed by atoms with E-state index in [0.29, 0.717) is 0 Å². The van der Waals surface area contributed by atoms with Crippen LogP contribution >= 0.6 is 7.82 Å². The van der Waals surface area contributed by atoms with E-state index in [0.717, 1.165) is 0 Å². The number of benzene rings is 1. The summed E-state index contributed by atoms with van der Waals surface area (Å²) in [5.41, 5.74) is 0. The van der Waals surface area contributed by atoms with Gasteiger partial charge in [-0.1, -0.05) is 36.4 Å². The molecule has 0 aliphatic heterocycles. The molecule has 1 aromatic carbocycles. The number of hydrogen-bond acceptors (Lipinski definition) is 1. The van der Waals surface area contributed by atoms with E-state index < -0.39 is 7.82 Å². The van der Waals surface area contributed by atoms with E-state index in [4.69, 9.17) is 19.2 Å². The Balaban J connectivity index is 0. The maximum atomic E-state index is 8.88. The fourth-order valence-corrected chi connectivity index (χ4v) is 0.385. The van der Waals surface area contributed by atoms with E-state index in [1.54, 1.807) is 0 Å². The highest BCUT2D eigenvalue weighted by atomic mass is 31.2. The first-order valence-electron chi connectivity index (χ1n) is 3.28. The summed E-state index contributed by atoms with van der Waals surface area (Å²) in [7, 11) is -4.64. The molecule has 0 spiro atoms. The molecule has 0 saturated carbocycles. The van der Waals surface area contributed by atoms with Crippen molar-refractivity contribution in [3.63, 3.8) is 0 Å². The van der Waals surface area contributed by atoms with Gasteiger partial charge in [0.25, 0.3) is 0 Å². The van der Waals surface area contributed by atoms with Crippen LogP contribution in [0.25, 0.3) is 0 Å². The van der Waals surface area contributed by atoms with Crippen molar-refractivity contribution in [3.8, 4) is 0 Å². The molecule has 0 unspecified atom stereocenters. The zero-order valence-electron chi connectivity index (χ0n) is 7.08. The molecule has 0 radical (unpaired) electrons. The molecule has 0 heterocycles. The van der Waals surface area contributed by atoms with E-state index in [-0.39, 0.29) is 0 Å². The van der Waals surface area contributed by atoms with E-state index in [1.807, 2.05) is 36.4 Å². The van der Waals surface area contributed by atoms with E-state index in [1.165, 1.54) is 0 Å². The van der Waals surface area contributed by atoms with Crippen molar-refractivity contribution in [2.45, 2.75) is 0 Å². The van der Waals surface area contributed by atoms with Gasteiger partial charge in [-0.05, 0) is 0 Å². The number of rotatable bonds is 0. The molecule has 74 valence electrons. The summed E-state index contributed by atoms with van der Waals surface area (Å²) in [5, 5.41) is 0. The average molecular weight is 204 g/mol. The molecular weight excluding hydrogens is 191 g/mol. The van der Waals surface area contributed by atoms with Gasteiger partial charge in [0.15, 0.2) is 0 Å². The Labute approximate surface area is 77.4 Å². The highest BCUT2D eigenvalue weighted by Gasteiger charge is 2.00. The Morgan fingerprint density at radius 3 is 0.923 bits per heavy atom. The summed E-state index contributed by atoms with van der Waals surface area (Å²) in [5.74, 6) is 0. The first-order valence-corrected chi connectivity index (χ1v) is 4.85. The van der Waals surface area contributed by atoms with Crippen LogP contribution in [0.5, 0.6) is 0 Å². The normalized spacial score (nSPS) is 8.54. The molecule has 0 bridgehead atoms. The van der Waals surface area contributed by atoms with Crippen molar-refractivity contribution < 1.29 is 19.2 Å². The molecule has 0 aromatic heterocycles. The number of phosphoric acid groups is 1. The topological polar surface area (TPSA) is 77.8 Å². The second-order valence-electron chi connectivity index (χ2n) is 1.67. The molecule has 0 aliphatic rings. The lowest BCUT2D eigenvalue weighted by Crippen LogP contribution is -1.66. The summed E-state index contributed by atoms with van der Waals surface area (Å²) >= 11 is 0. The highest BCUT2D eigenvalue weighted by molar-refractivity contribution is 7.45. The van der Waals surface area contributed by atoms with Crippen LogP contribution in [0.15, 0.2) is 49.6 Å². The van der Waals surface area contributed by atoms with Gasteiger partial charge in [0, 0.05) is 0 Å². The lowest BCUT2D eigenvalue weighted by atomic mass is 10.4. The quantitative estimate of drug-likeness (QED) is 0.442. The van der Waals surface area contributed by atoms with Gasteiger partial charge in [0.05, 0.1) is 0 Å². The largest absolute Gasteiger partial charge is 0.466 e. The smallest absolute Gasteiger partial charge is 0.303 e. The zero-order valence-corrected chi connectivity index (χ0v) is 7.97. The first kappa shape index (κ1) is 14.6. The van der Waals surface area contributed by atoms with Gasteiger partial charge in [-0.2, -0.15) is 0 Å². The second kappa shape index (κ2) is 9.16. The molecule has 4 nitrogen and oxygen atoms in total. The lowest BCUT2D eigenvalue weighted by Gasteiger charge is -1.82. The molecule has 1 aromatic rings. The maximum Gasteiger partial charge on any atom is 0.466 e. The van der Waals surface area contributed by atoms with Crippen LogP contribution in [-0.2, 0) is 4.57 Å². The molecule has 13 heavy (non-hydrogen) atoms. The van der Waals surface area contributed by atoms with Crippen molar-refractivity contribution in [3.05, 3.63) is 49.6 Å². The van der Waals surface area contributed by atoms with Crippen molar-refractivity contribution in [1.29, 1.82) is 0 Å². The van der Waals surface area contributed by atoms with Crippen LogP contribution in [0.3, 0.4) is 0 Å². The van der Waals surface area contributed by atoms with Gasteiger partial charge < -0.3 is 14.7 Å². The monoisotopic (exact) mass is 204 g/mol. The van der Waals surface area contributed by atoms with Crippen LogP contribution in [0.4, 0.5) is 0 Å². The van der Waals surface area contributed by atoms with Crippen LogP contribution < -0.4 is 0 Å². The average Bonchev–Trinajstić information content (AvgIpc) is 2.08. The molecule has 3 N–H and O–H groups in total. The van der Waals surface area contributed by atoms with Gasteiger partial charge in [0.2, 0.25) is 0 Å². The van der Waals surface area contributed by atoms with E-state index >= 15 is 0 Å². The van der Waals surface area contributed by atoms with Gasteiger partial charge in [-0.15, -0.1) is 13.2 Å². The third-order valence-corrected chi connectivity index (χ3v) is 0.667. The predicted molar refractivity (Wildman–Crippen MR) is 52.0 cm³/mol. The Bertz CT molecular complexity index is 196. The summed E-state index contributed by atoms with van der Waals surface area (Å²) in [6, 6.07) is 12.0. The van der Waals surface area contributed by atoms with E-state index in [2.05, 4.69) is 13.2 Å². The van der Waals surface area contributed by atoms with Gasteiger partial charge in [-0.25, -0.2) is 4.57 Å². The molecule has 0 saturated heterocycles. The first-order chi connectivity index (χ1) is 6.00. The van der Waals surface area contributed by atoms with Crippen molar-refractivity contribution >= 4 is 7.82 Å². The summed E-state index contributed by atoms with van der Waals surface area (Å²) in [6.07, 6.45) is 0. The number of hydrogen-bond donors (Lipinski definition) is 3. The molecule has 0 amide bonds. The third-order valence-electron chi connectivity index (χ3n) is 0.667. The lowest BCUT2D eigenvalue weighted by molar-refractivity contribution is 0.275. The van der Waals surface area contributed by atoms with Gasteiger partial charge >= 0.3 is 7.82 Å². The van der Waals surface area contributed by atoms with Crippen molar-refractivity contribution in [1.82, 2.24) is 0 Å². The third kappa shape index (κ3) is 35.4. The fraction of sp³-hybridized carbons (Fsp3) is 0. The van der Waals surface area contributed by atoms with Crippen LogP contribution in [0.1, 0.15) is 0 Å². The van der Waals surface area contributed by atoms with Gasteiger partial charge in [0.1, 0.15) is 0 Å². The minimum Gasteiger partial charge on any atom is -0.303 e. The Morgan fingerprint density at radius 1 is 0.769 bits per heavy atom. The molecular formula is C8H13O4P. The Morgan fingerprint density at radius 2 is 0.846 bits per heavy atom. The van der Waals surface area contributed by atoms with Crippen LogP contribution in [-0.4, -0.2) is 14.7 Å². The SMILES string of the molecule is C=C.O=P(O)(O)O.c1ccccc1. The van der Waals surface area contributed by atoms with E-state index in [9.17, 15) is 0 Å². The standard InChI is InChI=1S/C6H6.C2H4.H3O4P/c1-2-4-6-5-3-1;1-2;1-5(2,3)4/h1-6H;1-2H2;(H3,1,2,3,4). The summed E-state index contributed by atoms with van der Waals surface area (Å²) < 4.78 is 8.88. The van der Waals surface area contributed by atoms with Crippen molar-refractivity contribution in [2.75, 3.05) is 0 Å².